The fourth-order valence-electron chi connectivity index (χ4n) is 2.01. The van der Waals surface area contributed by atoms with Crippen LogP contribution < -0.4 is 10.7 Å². The lowest BCUT2D eigenvalue weighted by molar-refractivity contribution is -0.137. The van der Waals surface area contributed by atoms with Crippen molar-refractivity contribution in [3.8, 4) is 0 Å². The Balaban J connectivity index is 2.12. The number of nitrogens with one attached hydrogen (secondary N) is 2. The number of hydrogen-bond donors (Lipinski definition) is 2. The highest BCUT2D eigenvalue weighted by Crippen LogP contribution is 2.34. The van der Waals surface area contributed by atoms with Crippen molar-refractivity contribution >= 4 is 35.0 Å². The van der Waals surface area contributed by atoms with Crippen LogP contribution in [0.3, 0.4) is 0 Å². The van der Waals surface area contributed by atoms with Crippen LogP contribution in [-0.2, 0) is 20.6 Å². The number of nitrogens with zero attached hydrogens (tertiary/aromatic N) is 1. The van der Waals surface area contributed by atoms with Crippen LogP contribution in [0.1, 0.15) is 12.0 Å². The van der Waals surface area contributed by atoms with Crippen LogP contribution in [0, 0.1) is 5.92 Å². The summed E-state index contributed by atoms with van der Waals surface area (Å²) in [6, 6.07) is 2.46. The highest BCUT2D eigenvalue weighted by atomic mass is 35.5. The van der Waals surface area contributed by atoms with Crippen LogP contribution in [0.5, 0.6) is 0 Å². The normalized spacial score (nSPS) is 18.1. The van der Waals surface area contributed by atoms with E-state index in [2.05, 4.69) is 10.7 Å². The van der Waals surface area contributed by atoms with Gasteiger partial charge in [-0.1, -0.05) is 11.6 Å². The second-order valence-electron chi connectivity index (χ2n) is 4.87. The molecule has 0 spiro atoms. The Bertz CT molecular complexity index is 678. The van der Waals surface area contributed by atoms with Crippen molar-refractivity contribution in [1.29, 1.82) is 0 Å². The molecule has 124 valence electrons. The van der Waals surface area contributed by atoms with E-state index in [0.717, 1.165) is 17.1 Å². The number of anilines is 1. The minimum Gasteiger partial charge on any atom is -0.325 e. The SMILES string of the molecule is CN1NC(=O)C(CC(=O)Nc2cc(C(F)(F)F)ccc2Cl)C1=O. The quantitative estimate of drug-likeness (QED) is 0.817. The lowest BCUT2D eigenvalue weighted by Gasteiger charge is -2.12. The number of carbonyl (C=O) groups is 3. The van der Waals surface area contributed by atoms with Gasteiger partial charge in [-0.2, -0.15) is 13.2 Å². The van der Waals surface area contributed by atoms with Crippen LogP contribution in [0.2, 0.25) is 5.02 Å². The minimum absolute atomic E-state index is 0.0920. The summed E-state index contributed by atoms with van der Waals surface area (Å²) in [7, 11) is 1.32. The molecular formula is C13H11ClF3N3O3. The maximum Gasteiger partial charge on any atom is 0.416 e. The zero-order chi connectivity index (χ0) is 17.4. The van der Waals surface area contributed by atoms with Crippen molar-refractivity contribution in [2.45, 2.75) is 12.6 Å². The highest BCUT2D eigenvalue weighted by Gasteiger charge is 2.38. The molecule has 0 bridgehead atoms. The zero-order valence-corrected chi connectivity index (χ0v) is 12.5. The number of amides is 3. The Kier molecular flexibility index (Phi) is 4.51. The standard InChI is InChI=1S/C13H11ClF3N3O3/c1-20-12(23)7(11(22)19-20)5-10(21)18-9-4-6(13(15,16)17)2-3-8(9)14/h2-4,7H,5H2,1H3,(H,18,21)(H,19,22). The molecule has 0 aliphatic carbocycles. The molecule has 0 radical (unpaired) electrons. The molecule has 1 aromatic carbocycles. The monoisotopic (exact) mass is 349 g/mol. The molecule has 1 aromatic rings. The molecule has 1 atom stereocenters. The van der Waals surface area contributed by atoms with Crippen molar-refractivity contribution < 1.29 is 27.6 Å². The molecule has 0 aromatic heterocycles. The summed E-state index contributed by atoms with van der Waals surface area (Å²) in [6.07, 6.45) is -5.09. The van der Waals surface area contributed by atoms with Gasteiger partial charge in [-0.25, -0.2) is 0 Å². The van der Waals surface area contributed by atoms with Crippen molar-refractivity contribution in [3.63, 3.8) is 0 Å². The second-order valence-corrected chi connectivity index (χ2v) is 5.28. The number of benzene rings is 1. The summed E-state index contributed by atoms with van der Waals surface area (Å²) < 4.78 is 38.0. The van der Waals surface area contributed by atoms with E-state index in [1.165, 1.54) is 7.05 Å². The predicted molar refractivity (Wildman–Crippen MR) is 74.1 cm³/mol. The van der Waals surface area contributed by atoms with E-state index < -0.39 is 41.8 Å². The molecule has 2 rings (SSSR count). The average molecular weight is 350 g/mol. The van der Waals surface area contributed by atoms with Crippen molar-refractivity contribution in [2.75, 3.05) is 12.4 Å². The van der Waals surface area contributed by atoms with E-state index in [1.807, 2.05) is 0 Å². The molecule has 23 heavy (non-hydrogen) atoms. The molecule has 1 saturated heterocycles. The fourth-order valence-corrected chi connectivity index (χ4v) is 2.17. The van der Waals surface area contributed by atoms with Gasteiger partial charge < -0.3 is 5.32 Å². The first-order valence-electron chi connectivity index (χ1n) is 6.34. The fraction of sp³-hybridized carbons (Fsp3) is 0.308. The molecule has 1 aliphatic rings. The Morgan fingerprint density at radius 1 is 1.39 bits per heavy atom. The van der Waals surface area contributed by atoms with Crippen LogP contribution in [0.25, 0.3) is 0 Å². The van der Waals surface area contributed by atoms with E-state index in [1.54, 1.807) is 0 Å². The summed E-state index contributed by atoms with van der Waals surface area (Å²) in [5.41, 5.74) is 0.992. The van der Waals surface area contributed by atoms with E-state index in [0.29, 0.717) is 6.07 Å². The molecule has 2 N–H and O–H groups in total. The lowest BCUT2D eigenvalue weighted by Crippen LogP contribution is -2.31. The smallest absolute Gasteiger partial charge is 0.325 e. The van der Waals surface area contributed by atoms with Gasteiger partial charge in [0.15, 0.2) is 0 Å². The highest BCUT2D eigenvalue weighted by molar-refractivity contribution is 6.33. The average Bonchev–Trinajstić information content (AvgIpc) is 2.66. The number of hydrogen-bond acceptors (Lipinski definition) is 3. The van der Waals surface area contributed by atoms with Gasteiger partial charge in [-0.3, -0.25) is 24.8 Å². The van der Waals surface area contributed by atoms with Gasteiger partial charge in [0.05, 0.1) is 16.3 Å². The van der Waals surface area contributed by atoms with Crippen molar-refractivity contribution in [3.05, 3.63) is 28.8 Å². The number of carbonyl (C=O) groups excluding carboxylic acids is 3. The lowest BCUT2D eigenvalue weighted by atomic mass is 10.0. The van der Waals surface area contributed by atoms with Crippen LogP contribution >= 0.6 is 11.6 Å². The summed E-state index contributed by atoms with van der Waals surface area (Å²) in [5.74, 6) is -3.26. The number of rotatable bonds is 3. The third kappa shape index (κ3) is 3.73. The van der Waals surface area contributed by atoms with Crippen molar-refractivity contribution in [2.24, 2.45) is 5.92 Å². The van der Waals surface area contributed by atoms with Crippen LogP contribution in [0.4, 0.5) is 18.9 Å². The number of halogens is 4. The van der Waals surface area contributed by atoms with Gasteiger partial charge in [-0.15, -0.1) is 0 Å². The molecule has 1 fully saturated rings. The van der Waals surface area contributed by atoms with E-state index in [9.17, 15) is 27.6 Å². The molecule has 10 heteroatoms. The predicted octanol–water partition coefficient (Wildman–Crippen LogP) is 1.81. The van der Waals surface area contributed by atoms with E-state index in [4.69, 9.17) is 11.6 Å². The first-order valence-corrected chi connectivity index (χ1v) is 6.72. The van der Waals surface area contributed by atoms with Crippen molar-refractivity contribution in [1.82, 2.24) is 10.4 Å². The summed E-state index contributed by atoms with van der Waals surface area (Å²) >= 11 is 5.75. The topological polar surface area (TPSA) is 78.5 Å². The Morgan fingerprint density at radius 2 is 2.04 bits per heavy atom. The molecule has 1 unspecified atom stereocenters. The summed E-state index contributed by atoms with van der Waals surface area (Å²) in [5, 5.41) is 3.03. The number of hydrazine groups is 1. The Morgan fingerprint density at radius 3 is 2.57 bits per heavy atom. The first kappa shape index (κ1) is 17.1. The second kappa shape index (κ2) is 6.07. The van der Waals surface area contributed by atoms with Gasteiger partial charge in [0, 0.05) is 13.5 Å². The Hall–Kier alpha value is -2.29. The minimum atomic E-state index is -4.59. The van der Waals surface area contributed by atoms with Gasteiger partial charge in [0.25, 0.3) is 11.8 Å². The number of alkyl halides is 3. The molecule has 1 heterocycles. The van der Waals surface area contributed by atoms with Crippen LogP contribution in [0.15, 0.2) is 18.2 Å². The van der Waals surface area contributed by atoms with Gasteiger partial charge in [0.1, 0.15) is 5.92 Å². The molecule has 3 amide bonds. The molecule has 0 saturated carbocycles. The maximum absolute atomic E-state index is 12.7. The van der Waals surface area contributed by atoms with E-state index in [-0.39, 0.29) is 10.7 Å². The summed E-state index contributed by atoms with van der Waals surface area (Å²) in [4.78, 5) is 35.0. The third-order valence-corrected chi connectivity index (χ3v) is 3.51. The first-order chi connectivity index (χ1) is 10.6. The van der Waals surface area contributed by atoms with Crippen LogP contribution in [-0.4, -0.2) is 29.8 Å². The maximum atomic E-state index is 12.7. The Labute approximate surface area is 133 Å². The summed E-state index contributed by atoms with van der Waals surface area (Å²) in [6.45, 7) is 0. The van der Waals surface area contributed by atoms with Gasteiger partial charge >= 0.3 is 6.18 Å². The molecule has 6 nitrogen and oxygen atoms in total. The van der Waals surface area contributed by atoms with Gasteiger partial charge in [0.2, 0.25) is 5.91 Å². The largest absolute Gasteiger partial charge is 0.416 e. The third-order valence-electron chi connectivity index (χ3n) is 3.18. The molecular weight excluding hydrogens is 339 g/mol. The van der Waals surface area contributed by atoms with E-state index >= 15 is 0 Å². The molecule has 1 aliphatic heterocycles. The van der Waals surface area contributed by atoms with Gasteiger partial charge in [-0.05, 0) is 18.2 Å². The zero-order valence-electron chi connectivity index (χ0n) is 11.7.